The minimum atomic E-state index is -0.282. The average Bonchev–Trinajstić information content (AvgIpc) is 2.33. The van der Waals surface area contributed by atoms with Crippen LogP contribution in [-0.4, -0.2) is 10.7 Å². The van der Waals surface area contributed by atoms with Crippen molar-refractivity contribution in [3.05, 3.63) is 0 Å². The summed E-state index contributed by atoms with van der Waals surface area (Å²) < 4.78 is 0. The van der Waals surface area contributed by atoms with E-state index < -0.39 is 0 Å². The van der Waals surface area contributed by atoms with Crippen LogP contribution in [0.2, 0.25) is 0 Å². The van der Waals surface area contributed by atoms with E-state index in [0.29, 0.717) is 0 Å². The monoisotopic (exact) mass is 156 g/mol. The predicted molar refractivity (Wildman–Crippen MR) is 47.5 cm³/mol. The Bertz CT molecular complexity index is 122. The topological polar surface area (TPSA) is 20.2 Å². The summed E-state index contributed by atoms with van der Waals surface area (Å²) in [7, 11) is 0. The maximum Gasteiger partial charge on any atom is 0.0650 e. The third-order valence-electron chi connectivity index (χ3n) is 2.98. The van der Waals surface area contributed by atoms with Gasteiger partial charge in [0.1, 0.15) is 0 Å². The van der Waals surface area contributed by atoms with E-state index in [-0.39, 0.29) is 5.60 Å². The third-order valence-corrected chi connectivity index (χ3v) is 2.98. The Morgan fingerprint density at radius 3 is 2.64 bits per heavy atom. The molecule has 0 spiro atoms. The van der Waals surface area contributed by atoms with Crippen LogP contribution in [0.5, 0.6) is 0 Å². The first kappa shape index (κ1) is 9.05. The van der Waals surface area contributed by atoms with Crippen LogP contribution < -0.4 is 0 Å². The van der Waals surface area contributed by atoms with Gasteiger partial charge < -0.3 is 5.11 Å². The van der Waals surface area contributed by atoms with Crippen molar-refractivity contribution in [1.82, 2.24) is 0 Å². The van der Waals surface area contributed by atoms with Gasteiger partial charge in [-0.3, -0.25) is 0 Å². The van der Waals surface area contributed by atoms with Crippen molar-refractivity contribution in [3.8, 4) is 0 Å². The summed E-state index contributed by atoms with van der Waals surface area (Å²) in [6, 6.07) is 0. The fraction of sp³-hybridized carbons (Fsp3) is 1.00. The van der Waals surface area contributed by atoms with E-state index >= 15 is 0 Å². The molecule has 2 unspecified atom stereocenters. The summed E-state index contributed by atoms with van der Waals surface area (Å²) in [5.74, 6) is 0.798. The van der Waals surface area contributed by atoms with Gasteiger partial charge in [-0.2, -0.15) is 0 Å². The van der Waals surface area contributed by atoms with E-state index in [2.05, 4.69) is 13.8 Å². The highest BCUT2D eigenvalue weighted by Crippen LogP contribution is 2.38. The van der Waals surface area contributed by atoms with Crippen LogP contribution >= 0.6 is 0 Å². The highest BCUT2D eigenvalue weighted by molar-refractivity contribution is 4.88. The molecule has 1 saturated carbocycles. The summed E-state index contributed by atoms with van der Waals surface area (Å²) in [6.45, 7) is 4.37. The molecule has 0 aromatic rings. The molecule has 1 heteroatoms. The van der Waals surface area contributed by atoms with E-state index in [9.17, 15) is 5.11 Å². The van der Waals surface area contributed by atoms with Crippen molar-refractivity contribution in [1.29, 1.82) is 0 Å². The summed E-state index contributed by atoms with van der Waals surface area (Å²) in [6.07, 6.45) is 6.70. The SMILES string of the molecule is CCCC1(O)CCC(CC)C1. The standard InChI is InChI=1S/C10H20O/c1-3-6-10(11)7-5-9(4-2)8-10/h9,11H,3-8H2,1-2H3. The maximum absolute atomic E-state index is 9.99. The van der Waals surface area contributed by atoms with Crippen molar-refractivity contribution in [2.45, 2.75) is 58.0 Å². The molecule has 0 saturated heterocycles. The lowest BCUT2D eigenvalue weighted by Gasteiger charge is -2.21. The van der Waals surface area contributed by atoms with Crippen molar-refractivity contribution < 1.29 is 5.11 Å². The summed E-state index contributed by atoms with van der Waals surface area (Å²) in [4.78, 5) is 0. The van der Waals surface area contributed by atoms with Gasteiger partial charge in [0.05, 0.1) is 5.60 Å². The molecule has 66 valence electrons. The molecule has 0 aliphatic heterocycles. The molecule has 0 bridgehead atoms. The average molecular weight is 156 g/mol. The van der Waals surface area contributed by atoms with Gasteiger partial charge in [0.25, 0.3) is 0 Å². The summed E-state index contributed by atoms with van der Waals surface area (Å²) in [5.41, 5.74) is -0.282. The molecule has 11 heavy (non-hydrogen) atoms. The smallest absolute Gasteiger partial charge is 0.0650 e. The second-order valence-electron chi connectivity index (χ2n) is 3.99. The zero-order valence-electron chi connectivity index (χ0n) is 7.77. The molecule has 1 N–H and O–H groups in total. The van der Waals surface area contributed by atoms with Gasteiger partial charge in [0.2, 0.25) is 0 Å². The van der Waals surface area contributed by atoms with Gasteiger partial charge in [-0.1, -0.05) is 26.7 Å². The highest BCUT2D eigenvalue weighted by atomic mass is 16.3. The fourth-order valence-corrected chi connectivity index (χ4v) is 2.26. The Morgan fingerprint density at radius 2 is 2.18 bits per heavy atom. The molecular weight excluding hydrogens is 136 g/mol. The molecule has 0 amide bonds. The van der Waals surface area contributed by atoms with Gasteiger partial charge >= 0.3 is 0 Å². The van der Waals surface area contributed by atoms with Gasteiger partial charge in [-0.05, 0) is 31.6 Å². The van der Waals surface area contributed by atoms with E-state index in [0.717, 1.165) is 31.6 Å². The van der Waals surface area contributed by atoms with Crippen molar-refractivity contribution >= 4 is 0 Å². The lowest BCUT2D eigenvalue weighted by Crippen LogP contribution is -2.24. The zero-order chi connectivity index (χ0) is 8.32. The van der Waals surface area contributed by atoms with Crippen LogP contribution in [0.1, 0.15) is 52.4 Å². The molecule has 0 aromatic carbocycles. The normalized spacial score (nSPS) is 37.9. The second kappa shape index (κ2) is 3.57. The van der Waals surface area contributed by atoms with Crippen LogP contribution in [0.3, 0.4) is 0 Å². The van der Waals surface area contributed by atoms with Crippen LogP contribution in [0.4, 0.5) is 0 Å². The molecular formula is C10H20O. The van der Waals surface area contributed by atoms with Crippen LogP contribution in [-0.2, 0) is 0 Å². The fourth-order valence-electron chi connectivity index (χ4n) is 2.26. The predicted octanol–water partition coefficient (Wildman–Crippen LogP) is 2.73. The second-order valence-corrected chi connectivity index (χ2v) is 3.99. The molecule has 1 fully saturated rings. The van der Waals surface area contributed by atoms with Crippen molar-refractivity contribution in [2.24, 2.45) is 5.92 Å². The lowest BCUT2D eigenvalue weighted by atomic mass is 9.94. The lowest BCUT2D eigenvalue weighted by molar-refractivity contribution is 0.0338. The minimum Gasteiger partial charge on any atom is -0.390 e. The first-order valence-electron chi connectivity index (χ1n) is 4.92. The Kier molecular flexibility index (Phi) is 2.94. The minimum absolute atomic E-state index is 0.282. The summed E-state index contributed by atoms with van der Waals surface area (Å²) in [5, 5.41) is 9.99. The summed E-state index contributed by atoms with van der Waals surface area (Å²) >= 11 is 0. The molecule has 0 radical (unpaired) electrons. The van der Waals surface area contributed by atoms with Crippen molar-refractivity contribution in [3.63, 3.8) is 0 Å². The molecule has 0 heterocycles. The van der Waals surface area contributed by atoms with Crippen LogP contribution in [0, 0.1) is 5.92 Å². The molecule has 1 aliphatic carbocycles. The molecule has 1 aliphatic rings. The van der Waals surface area contributed by atoms with Gasteiger partial charge in [-0.25, -0.2) is 0 Å². The van der Waals surface area contributed by atoms with E-state index in [1.807, 2.05) is 0 Å². The van der Waals surface area contributed by atoms with Crippen LogP contribution in [0.25, 0.3) is 0 Å². The van der Waals surface area contributed by atoms with E-state index in [1.54, 1.807) is 0 Å². The quantitative estimate of drug-likeness (QED) is 0.666. The first-order chi connectivity index (χ1) is 5.20. The third kappa shape index (κ3) is 2.19. The van der Waals surface area contributed by atoms with Crippen LogP contribution in [0.15, 0.2) is 0 Å². The van der Waals surface area contributed by atoms with Gasteiger partial charge in [0.15, 0.2) is 0 Å². The Morgan fingerprint density at radius 1 is 1.45 bits per heavy atom. The Hall–Kier alpha value is -0.0400. The number of hydrogen-bond acceptors (Lipinski definition) is 1. The zero-order valence-corrected chi connectivity index (χ0v) is 7.77. The number of aliphatic hydroxyl groups is 1. The first-order valence-corrected chi connectivity index (χ1v) is 4.92. The molecule has 0 aromatic heterocycles. The van der Waals surface area contributed by atoms with E-state index in [4.69, 9.17) is 0 Å². The number of rotatable bonds is 3. The van der Waals surface area contributed by atoms with Crippen molar-refractivity contribution in [2.75, 3.05) is 0 Å². The molecule has 1 rings (SSSR count). The molecule has 1 nitrogen and oxygen atoms in total. The van der Waals surface area contributed by atoms with Gasteiger partial charge in [0, 0.05) is 0 Å². The Balaban J connectivity index is 2.37. The number of hydrogen-bond donors (Lipinski definition) is 1. The van der Waals surface area contributed by atoms with Gasteiger partial charge in [-0.15, -0.1) is 0 Å². The highest BCUT2D eigenvalue weighted by Gasteiger charge is 2.35. The largest absolute Gasteiger partial charge is 0.390 e. The Labute approximate surface area is 69.8 Å². The van der Waals surface area contributed by atoms with E-state index in [1.165, 1.54) is 12.8 Å². The molecule has 2 atom stereocenters. The maximum atomic E-state index is 9.99.